The predicted octanol–water partition coefficient (Wildman–Crippen LogP) is 10.3. The maximum Gasteiger partial charge on any atom is 0.220 e. The summed E-state index contributed by atoms with van der Waals surface area (Å²) >= 11 is 0. The number of allylic oxidation sites excluding steroid dienone is 1. The van der Waals surface area contributed by atoms with Gasteiger partial charge in [0.1, 0.15) is 48.8 Å². The van der Waals surface area contributed by atoms with Gasteiger partial charge >= 0.3 is 0 Å². The quantitative estimate of drug-likeness (QED) is 0.0204. The van der Waals surface area contributed by atoms with Crippen LogP contribution in [0.1, 0.15) is 264 Å². The number of carbonyl (C=O) groups excluding carboxylic acids is 1. The van der Waals surface area contributed by atoms with Crippen LogP contribution in [0, 0.1) is 0 Å². The molecular weight excluding hydrogens is 931 g/mol. The van der Waals surface area contributed by atoms with E-state index in [4.69, 9.17) is 18.9 Å². The first-order valence-corrected chi connectivity index (χ1v) is 30.4. The average Bonchev–Trinajstić information content (AvgIpc) is 3.39. The van der Waals surface area contributed by atoms with E-state index in [9.17, 15) is 45.6 Å². The second-order valence-corrected chi connectivity index (χ2v) is 21.8. The minimum Gasteiger partial charge on any atom is -0.394 e. The van der Waals surface area contributed by atoms with Crippen LogP contribution >= 0.6 is 0 Å². The first-order valence-electron chi connectivity index (χ1n) is 30.4. The van der Waals surface area contributed by atoms with Crippen LogP contribution in [0.25, 0.3) is 0 Å². The van der Waals surface area contributed by atoms with E-state index < -0.39 is 86.8 Å². The minimum absolute atomic E-state index is 0.236. The Labute approximate surface area is 444 Å². The summed E-state index contributed by atoms with van der Waals surface area (Å²) in [5.74, 6) is -0.236. The molecule has 12 atom stereocenters. The number of rotatable bonds is 49. The van der Waals surface area contributed by atoms with Gasteiger partial charge in [0.2, 0.25) is 5.91 Å². The number of amides is 1. The summed E-state index contributed by atoms with van der Waals surface area (Å²) in [5, 5.41) is 86.8. The van der Waals surface area contributed by atoms with Crippen LogP contribution < -0.4 is 5.32 Å². The fourth-order valence-electron chi connectivity index (χ4n) is 10.3. The van der Waals surface area contributed by atoms with Crippen molar-refractivity contribution in [3.05, 3.63) is 12.2 Å². The zero-order valence-corrected chi connectivity index (χ0v) is 46.4. The summed E-state index contributed by atoms with van der Waals surface area (Å²) in [5.41, 5.74) is 0. The van der Waals surface area contributed by atoms with Crippen molar-refractivity contribution in [1.29, 1.82) is 0 Å². The van der Waals surface area contributed by atoms with E-state index in [0.29, 0.717) is 6.42 Å². The molecule has 4 unspecified atom stereocenters. The lowest BCUT2D eigenvalue weighted by Gasteiger charge is -2.46. The molecule has 432 valence electrons. The molecule has 2 rings (SSSR count). The largest absolute Gasteiger partial charge is 0.394 e. The molecule has 2 aliphatic rings. The molecule has 0 saturated carbocycles. The Kier molecular flexibility index (Phi) is 42.5. The van der Waals surface area contributed by atoms with Gasteiger partial charge in [-0.1, -0.05) is 251 Å². The van der Waals surface area contributed by atoms with Gasteiger partial charge < -0.3 is 65.1 Å². The average molecular weight is 1040 g/mol. The van der Waals surface area contributed by atoms with Crippen LogP contribution in [0.4, 0.5) is 0 Å². The van der Waals surface area contributed by atoms with E-state index in [0.717, 1.165) is 38.5 Å². The van der Waals surface area contributed by atoms with Gasteiger partial charge in [-0.3, -0.25) is 4.79 Å². The number of unbranched alkanes of at least 4 members (excludes halogenated alkanes) is 36. The van der Waals surface area contributed by atoms with Crippen molar-refractivity contribution in [2.24, 2.45) is 0 Å². The van der Waals surface area contributed by atoms with E-state index >= 15 is 0 Å². The molecule has 73 heavy (non-hydrogen) atoms. The van der Waals surface area contributed by atoms with Gasteiger partial charge in [-0.05, 0) is 19.3 Å². The van der Waals surface area contributed by atoms with Crippen LogP contribution in [-0.2, 0) is 23.7 Å². The maximum atomic E-state index is 13.2. The Morgan fingerprint density at radius 2 is 0.849 bits per heavy atom. The number of carbonyl (C=O) groups is 1. The number of ether oxygens (including phenoxy) is 4. The highest BCUT2D eigenvalue weighted by molar-refractivity contribution is 5.76. The van der Waals surface area contributed by atoms with Crippen LogP contribution in [0.3, 0.4) is 0 Å². The number of hydrogen-bond donors (Lipinski definition) is 9. The maximum absolute atomic E-state index is 13.2. The van der Waals surface area contributed by atoms with E-state index in [1.165, 1.54) is 199 Å². The molecule has 0 radical (unpaired) electrons. The van der Waals surface area contributed by atoms with E-state index in [1.54, 1.807) is 6.08 Å². The fourth-order valence-corrected chi connectivity index (χ4v) is 10.3. The topological polar surface area (TPSA) is 228 Å². The fraction of sp³-hybridized carbons (Fsp3) is 0.949. The molecule has 0 aromatic carbocycles. The molecule has 9 N–H and O–H groups in total. The summed E-state index contributed by atoms with van der Waals surface area (Å²) in [6.45, 7) is 2.78. The highest BCUT2D eigenvalue weighted by atomic mass is 16.7. The number of hydrogen-bond acceptors (Lipinski definition) is 13. The number of aliphatic hydroxyl groups is 8. The van der Waals surface area contributed by atoms with Crippen molar-refractivity contribution in [1.82, 2.24) is 5.32 Å². The van der Waals surface area contributed by atoms with Crippen molar-refractivity contribution < 1.29 is 64.6 Å². The van der Waals surface area contributed by atoms with Crippen LogP contribution in [0.2, 0.25) is 0 Å². The van der Waals surface area contributed by atoms with E-state index in [1.807, 2.05) is 6.08 Å². The van der Waals surface area contributed by atoms with Crippen molar-refractivity contribution in [3.63, 3.8) is 0 Å². The summed E-state index contributed by atoms with van der Waals surface area (Å²) in [6, 6.07) is -0.907. The van der Waals surface area contributed by atoms with Gasteiger partial charge in [0, 0.05) is 6.42 Å². The van der Waals surface area contributed by atoms with Gasteiger partial charge in [0.15, 0.2) is 12.6 Å². The van der Waals surface area contributed by atoms with Gasteiger partial charge in [-0.15, -0.1) is 0 Å². The molecule has 2 fully saturated rings. The molecule has 0 bridgehead atoms. The Morgan fingerprint density at radius 3 is 1.26 bits per heavy atom. The van der Waals surface area contributed by atoms with E-state index in [-0.39, 0.29) is 18.9 Å². The smallest absolute Gasteiger partial charge is 0.220 e. The molecule has 2 heterocycles. The molecule has 14 nitrogen and oxygen atoms in total. The Balaban J connectivity index is 1.61. The first-order chi connectivity index (χ1) is 35.6. The van der Waals surface area contributed by atoms with Gasteiger partial charge in [-0.25, -0.2) is 0 Å². The zero-order valence-electron chi connectivity index (χ0n) is 46.4. The molecule has 0 aromatic rings. The molecule has 0 aromatic heterocycles. The second-order valence-electron chi connectivity index (χ2n) is 21.8. The molecule has 2 saturated heterocycles. The number of aliphatic hydroxyl groups excluding tert-OH is 8. The molecule has 1 amide bonds. The van der Waals surface area contributed by atoms with Gasteiger partial charge in [0.05, 0.1) is 32.0 Å². The van der Waals surface area contributed by atoms with Crippen molar-refractivity contribution in [3.8, 4) is 0 Å². The third kappa shape index (κ3) is 31.7. The first kappa shape index (κ1) is 67.8. The van der Waals surface area contributed by atoms with Crippen LogP contribution in [0.5, 0.6) is 0 Å². The highest BCUT2D eigenvalue weighted by Gasteiger charge is 2.51. The second kappa shape index (κ2) is 45.7. The predicted molar refractivity (Wildman–Crippen MR) is 291 cm³/mol. The van der Waals surface area contributed by atoms with Crippen LogP contribution in [-0.4, -0.2) is 140 Å². The lowest BCUT2D eigenvalue weighted by Crippen LogP contribution is -2.65. The summed E-state index contributed by atoms with van der Waals surface area (Å²) < 4.78 is 22.7. The summed E-state index contributed by atoms with van der Waals surface area (Å²) in [7, 11) is 0. The molecule has 2 aliphatic heterocycles. The SMILES string of the molecule is CCCCCCCCC/C=C/[C@@H](O)[C@H](CO[C@@H]1O[C@H](CO)[C@@H](O[C@@H]2O[C@H](CO)[C@H](O)C(O)C2O)C(O)C1O)NC(=O)CCCCCCCCCCCCCCCCCCCCCCCCCCCCCCCC. The van der Waals surface area contributed by atoms with E-state index in [2.05, 4.69) is 19.2 Å². The van der Waals surface area contributed by atoms with Gasteiger partial charge in [0.25, 0.3) is 0 Å². The molecule has 0 aliphatic carbocycles. The normalized spacial score (nSPS) is 25.4. The lowest BCUT2D eigenvalue weighted by atomic mass is 9.97. The number of nitrogens with one attached hydrogen (secondary N) is 1. The zero-order chi connectivity index (χ0) is 53.2. The van der Waals surface area contributed by atoms with Gasteiger partial charge in [-0.2, -0.15) is 0 Å². The monoisotopic (exact) mass is 1040 g/mol. The molecule has 0 spiro atoms. The summed E-state index contributed by atoms with van der Waals surface area (Å²) in [6.07, 6.45) is 35.9. The minimum atomic E-state index is -1.78. The lowest BCUT2D eigenvalue weighted by molar-refractivity contribution is -0.359. The standard InChI is InChI=1S/C59H113NO13/c1-3-5-7-9-11-13-14-15-16-17-18-19-20-21-22-23-24-25-26-27-28-29-30-31-32-33-35-37-39-41-43-51(64)60-47(48(63)42-40-38-36-34-12-10-8-6-4-2)46-70-58-56(69)54(67)57(50(45-62)72-58)73-59-55(68)53(66)52(65)49(44-61)71-59/h40,42,47-50,52-59,61-63,65-69H,3-39,41,43-46H2,1-2H3,(H,60,64)/b42-40+/t47-,48+,49+,50+,52-,53?,54?,55?,56?,57+,58+,59-/m0/s1. The molecular formula is C59H113NO13. The third-order valence-electron chi connectivity index (χ3n) is 15.2. The van der Waals surface area contributed by atoms with Crippen molar-refractivity contribution in [2.75, 3.05) is 19.8 Å². The Hall–Kier alpha value is -1.27. The Morgan fingerprint density at radius 1 is 0.479 bits per heavy atom. The van der Waals surface area contributed by atoms with Crippen molar-refractivity contribution in [2.45, 2.75) is 338 Å². The molecule has 14 heteroatoms. The van der Waals surface area contributed by atoms with Crippen LogP contribution in [0.15, 0.2) is 12.2 Å². The highest BCUT2D eigenvalue weighted by Crippen LogP contribution is 2.30. The van der Waals surface area contributed by atoms with Crippen molar-refractivity contribution >= 4 is 5.91 Å². The Bertz CT molecular complexity index is 1280. The summed E-state index contributed by atoms with van der Waals surface area (Å²) in [4.78, 5) is 13.2. The third-order valence-corrected chi connectivity index (χ3v) is 15.2.